The van der Waals surface area contributed by atoms with Gasteiger partial charge in [-0.15, -0.1) is 0 Å². The quantitative estimate of drug-likeness (QED) is 0.457. The first kappa shape index (κ1) is 25.8. The maximum atomic E-state index is 6.57. The first-order chi connectivity index (χ1) is 17.2. The van der Waals surface area contributed by atoms with E-state index in [4.69, 9.17) is 23.7 Å². The molecule has 2 aromatic rings. The van der Waals surface area contributed by atoms with Gasteiger partial charge in [0.2, 0.25) is 0 Å². The average molecular weight is 485 g/mol. The standard InChI is InChI=1S/C28H40N2O5/c1-31-14-4-12-30-13-16-34-27-10-5-21(17-26(27)30)20-35-28-19-29-23(11-15-32-2)18-25(28)22-6-8-24(33-3)9-7-22/h5-10,17,23,25,28-29H,4,11-16,18-20H2,1-3H3/t23?,25-,28+/m1/s1. The molecule has 1 fully saturated rings. The second kappa shape index (κ2) is 13.1. The Labute approximate surface area is 209 Å². The van der Waals surface area contributed by atoms with Crippen LogP contribution in [0.25, 0.3) is 0 Å². The van der Waals surface area contributed by atoms with Crippen LogP contribution in [-0.2, 0) is 20.8 Å². The van der Waals surface area contributed by atoms with Gasteiger partial charge in [-0.1, -0.05) is 18.2 Å². The van der Waals surface area contributed by atoms with Crippen molar-refractivity contribution in [2.45, 2.75) is 43.9 Å². The molecule has 7 nitrogen and oxygen atoms in total. The minimum absolute atomic E-state index is 0.0901. The summed E-state index contributed by atoms with van der Waals surface area (Å²) in [5.41, 5.74) is 3.62. The van der Waals surface area contributed by atoms with Crippen LogP contribution in [0.4, 0.5) is 5.69 Å². The van der Waals surface area contributed by atoms with Crippen LogP contribution in [-0.4, -0.2) is 72.9 Å². The number of methoxy groups -OCH3 is 3. The highest BCUT2D eigenvalue weighted by atomic mass is 16.5. The Kier molecular flexibility index (Phi) is 9.66. The molecule has 0 bridgehead atoms. The van der Waals surface area contributed by atoms with Crippen LogP contribution in [0.15, 0.2) is 42.5 Å². The summed E-state index contributed by atoms with van der Waals surface area (Å²) in [6, 6.07) is 15.3. The Morgan fingerprint density at radius 2 is 1.86 bits per heavy atom. The zero-order chi connectivity index (χ0) is 24.5. The SMILES string of the molecule is COCCCN1CCOc2ccc(CO[C@H]3CNC(CCOC)C[C@@H]3c3ccc(OC)cc3)cc21. The molecule has 0 aliphatic carbocycles. The molecular weight excluding hydrogens is 444 g/mol. The number of nitrogens with one attached hydrogen (secondary N) is 1. The third-order valence-corrected chi connectivity index (χ3v) is 7.03. The summed E-state index contributed by atoms with van der Waals surface area (Å²) in [5, 5.41) is 3.68. The molecule has 3 atom stereocenters. The lowest BCUT2D eigenvalue weighted by molar-refractivity contribution is 0.000514. The van der Waals surface area contributed by atoms with E-state index in [1.807, 2.05) is 12.1 Å². The van der Waals surface area contributed by atoms with Crippen molar-refractivity contribution in [1.29, 1.82) is 0 Å². The number of fused-ring (bicyclic) bond motifs is 1. The maximum absolute atomic E-state index is 6.57. The molecule has 2 aliphatic heterocycles. The van der Waals surface area contributed by atoms with Crippen LogP contribution in [0, 0.1) is 0 Å². The van der Waals surface area contributed by atoms with E-state index in [0.717, 1.165) is 75.9 Å². The molecule has 0 aromatic heterocycles. The molecule has 35 heavy (non-hydrogen) atoms. The molecule has 7 heteroatoms. The lowest BCUT2D eigenvalue weighted by Gasteiger charge is -2.37. The first-order valence-electron chi connectivity index (χ1n) is 12.7. The molecule has 1 unspecified atom stereocenters. The number of nitrogens with zero attached hydrogens (tertiary/aromatic N) is 1. The summed E-state index contributed by atoms with van der Waals surface area (Å²) < 4.78 is 28.4. The van der Waals surface area contributed by atoms with Gasteiger partial charge in [-0.3, -0.25) is 0 Å². The van der Waals surface area contributed by atoms with Gasteiger partial charge in [0.05, 0.1) is 32.1 Å². The molecule has 0 radical (unpaired) electrons. The highest BCUT2D eigenvalue weighted by Gasteiger charge is 2.32. The van der Waals surface area contributed by atoms with E-state index in [1.54, 1.807) is 21.3 Å². The fourth-order valence-electron chi connectivity index (χ4n) is 5.07. The van der Waals surface area contributed by atoms with Crippen LogP contribution >= 0.6 is 0 Å². The maximum Gasteiger partial charge on any atom is 0.142 e. The Hall–Kier alpha value is -2.32. The van der Waals surface area contributed by atoms with Crippen molar-refractivity contribution in [2.24, 2.45) is 0 Å². The smallest absolute Gasteiger partial charge is 0.142 e. The zero-order valence-corrected chi connectivity index (χ0v) is 21.3. The number of anilines is 1. The van der Waals surface area contributed by atoms with Gasteiger partial charge in [0.25, 0.3) is 0 Å². The highest BCUT2D eigenvalue weighted by Crippen LogP contribution is 2.35. The van der Waals surface area contributed by atoms with Crippen LogP contribution in [0.1, 0.15) is 36.3 Å². The summed E-state index contributed by atoms with van der Waals surface area (Å²) in [5.74, 6) is 2.15. The summed E-state index contributed by atoms with van der Waals surface area (Å²) in [7, 11) is 5.22. The molecule has 1 saturated heterocycles. The highest BCUT2D eigenvalue weighted by molar-refractivity contribution is 5.61. The number of rotatable bonds is 12. The van der Waals surface area contributed by atoms with Gasteiger partial charge < -0.3 is 33.9 Å². The van der Waals surface area contributed by atoms with Gasteiger partial charge in [0.15, 0.2) is 0 Å². The van der Waals surface area contributed by atoms with E-state index in [0.29, 0.717) is 18.6 Å². The third kappa shape index (κ3) is 6.88. The molecule has 2 aliphatic rings. The summed E-state index contributed by atoms with van der Waals surface area (Å²) in [6.07, 6.45) is 3.11. The normalized spacial score (nSPS) is 21.9. The van der Waals surface area contributed by atoms with Gasteiger partial charge >= 0.3 is 0 Å². The van der Waals surface area contributed by atoms with Crippen molar-refractivity contribution in [3.05, 3.63) is 53.6 Å². The number of piperidine rings is 1. The topological polar surface area (TPSA) is 61.4 Å². The number of hydrogen-bond acceptors (Lipinski definition) is 7. The van der Waals surface area contributed by atoms with Crippen molar-refractivity contribution in [2.75, 3.05) is 65.7 Å². The van der Waals surface area contributed by atoms with E-state index in [2.05, 4.69) is 40.5 Å². The average Bonchev–Trinajstić information content (AvgIpc) is 2.91. The largest absolute Gasteiger partial charge is 0.497 e. The van der Waals surface area contributed by atoms with Crippen molar-refractivity contribution in [1.82, 2.24) is 5.32 Å². The first-order valence-corrected chi connectivity index (χ1v) is 12.7. The van der Waals surface area contributed by atoms with Crippen LogP contribution < -0.4 is 19.7 Å². The number of benzene rings is 2. The zero-order valence-electron chi connectivity index (χ0n) is 21.3. The second-order valence-corrected chi connectivity index (χ2v) is 9.34. The lowest BCUT2D eigenvalue weighted by atomic mass is 9.83. The predicted octanol–water partition coefficient (Wildman–Crippen LogP) is 4.00. The monoisotopic (exact) mass is 484 g/mol. The van der Waals surface area contributed by atoms with Gasteiger partial charge in [-0.2, -0.15) is 0 Å². The molecule has 192 valence electrons. The second-order valence-electron chi connectivity index (χ2n) is 9.34. The molecule has 0 spiro atoms. The van der Waals surface area contributed by atoms with Gasteiger partial charge in [0, 0.05) is 52.5 Å². The lowest BCUT2D eigenvalue weighted by Crippen LogP contribution is -2.47. The van der Waals surface area contributed by atoms with Gasteiger partial charge in [-0.25, -0.2) is 0 Å². The molecule has 0 saturated carbocycles. The Bertz CT molecular complexity index is 907. The van der Waals surface area contributed by atoms with Crippen molar-refractivity contribution in [3.8, 4) is 11.5 Å². The Morgan fingerprint density at radius 3 is 2.63 bits per heavy atom. The minimum atomic E-state index is 0.0901. The minimum Gasteiger partial charge on any atom is -0.497 e. The van der Waals surface area contributed by atoms with E-state index in [1.165, 1.54) is 11.1 Å². The Morgan fingerprint density at radius 1 is 1.03 bits per heavy atom. The van der Waals surface area contributed by atoms with Crippen LogP contribution in [0.5, 0.6) is 11.5 Å². The van der Waals surface area contributed by atoms with E-state index in [-0.39, 0.29) is 6.10 Å². The molecule has 2 heterocycles. The Balaban J connectivity index is 1.44. The third-order valence-electron chi connectivity index (χ3n) is 7.03. The molecular formula is C28H40N2O5. The molecule has 2 aromatic carbocycles. The van der Waals surface area contributed by atoms with Crippen LogP contribution in [0.2, 0.25) is 0 Å². The van der Waals surface area contributed by atoms with E-state index < -0.39 is 0 Å². The van der Waals surface area contributed by atoms with Crippen LogP contribution in [0.3, 0.4) is 0 Å². The predicted molar refractivity (Wildman–Crippen MR) is 138 cm³/mol. The summed E-state index contributed by atoms with van der Waals surface area (Å²) >= 11 is 0. The van der Waals surface area contributed by atoms with Gasteiger partial charge in [-0.05, 0) is 54.7 Å². The molecule has 0 amide bonds. The van der Waals surface area contributed by atoms with Crippen molar-refractivity contribution < 1.29 is 23.7 Å². The summed E-state index contributed by atoms with van der Waals surface area (Å²) in [6.45, 7) is 5.50. The number of hydrogen-bond donors (Lipinski definition) is 1. The van der Waals surface area contributed by atoms with Crippen molar-refractivity contribution in [3.63, 3.8) is 0 Å². The van der Waals surface area contributed by atoms with Gasteiger partial charge in [0.1, 0.15) is 18.1 Å². The summed E-state index contributed by atoms with van der Waals surface area (Å²) in [4.78, 5) is 2.39. The molecule has 1 N–H and O–H groups in total. The van der Waals surface area contributed by atoms with E-state index in [9.17, 15) is 0 Å². The fraction of sp³-hybridized carbons (Fsp3) is 0.571. The van der Waals surface area contributed by atoms with Crippen molar-refractivity contribution >= 4 is 5.69 Å². The van der Waals surface area contributed by atoms with E-state index >= 15 is 0 Å². The number of ether oxygens (including phenoxy) is 5. The molecule has 4 rings (SSSR count). The fourth-order valence-corrected chi connectivity index (χ4v) is 5.07.